The van der Waals surface area contributed by atoms with Crippen molar-refractivity contribution < 1.29 is 24.2 Å². The molecule has 1 N–H and O–H groups in total. The van der Waals surface area contributed by atoms with E-state index in [1.54, 1.807) is 36.4 Å². The van der Waals surface area contributed by atoms with Crippen LogP contribution in [0.4, 0.5) is 0 Å². The van der Waals surface area contributed by atoms with Gasteiger partial charge in [-0.1, -0.05) is 36.4 Å². The fourth-order valence-electron chi connectivity index (χ4n) is 1.41. The normalized spacial score (nSPS) is 11.4. The van der Waals surface area contributed by atoms with E-state index < -0.39 is 11.9 Å². The molecule has 0 radical (unpaired) electrons. The van der Waals surface area contributed by atoms with Gasteiger partial charge in [-0.25, -0.2) is 4.79 Å². The highest BCUT2D eigenvalue weighted by Crippen LogP contribution is 2.04. The van der Waals surface area contributed by atoms with E-state index in [0.29, 0.717) is 11.1 Å². The summed E-state index contributed by atoms with van der Waals surface area (Å²) in [5.41, 5.74) is 1.06. The lowest BCUT2D eigenvalue weighted by molar-refractivity contribution is -0.140. The molecule has 0 heterocycles. The molecule has 21 heavy (non-hydrogen) atoms. The summed E-state index contributed by atoms with van der Waals surface area (Å²) < 4.78 is 10.0. The summed E-state index contributed by atoms with van der Waals surface area (Å²) in [6.45, 7) is 1.25. The largest absolute Gasteiger partial charge is 0.461 e. The summed E-state index contributed by atoms with van der Waals surface area (Å²) in [6, 6.07) is 8.61. The molecule has 0 aliphatic carbocycles. The number of hydrogen-bond acceptors (Lipinski definition) is 5. The minimum atomic E-state index is -0.449. The highest BCUT2D eigenvalue weighted by atomic mass is 16.5. The van der Waals surface area contributed by atoms with Gasteiger partial charge in [0, 0.05) is 12.5 Å². The zero-order valence-corrected chi connectivity index (χ0v) is 11.8. The van der Waals surface area contributed by atoms with Crippen LogP contribution in [0.15, 0.2) is 54.1 Å². The number of aliphatic hydroxyl groups is 1. The number of carbonyl (C=O) groups is 2. The van der Waals surface area contributed by atoms with Crippen LogP contribution >= 0.6 is 0 Å². The predicted molar refractivity (Wildman–Crippen MR) is 77.7 cm³/mol. The zero-order chi connectivity index (χ0) is 15.5. The Bertz CT molecular complexity index is 517. The average molecular weight is 290 g/mol. The molecule has 0 unspecified atom stereocenters. The van der Waals surface area contributed by atoms with Gasteiger partial charge in [0.2, 0.25) is 0 Å². The molecule has 0 atom stereocenters. The molecule has 0 spiro atoms. The van der Waals surface area contributed by atoms with E-state index in [1.807, 2.05) is 6.07 Å². The lowest BCUT2D eigenvalue weighted by Gasteiger charge is -2.08. The Morgan fingerprint density at radius 1 is 1.14 bits per heavy atom. The van der Waals surface area contributed by atoms with E-state index in [1.165, 1.54) is 13.0 Å². The number of allylic oxidation sites excluding steroid dienone is 2. The van der Waals surface area contributed by atoms with Crippen LogP contribution in [0.5, 0.6) is 0 Å². The monoisotopic (exact) mass is 290 g/mol. The van der Waals surface area contributed by atoms with Crippen LogP contribution in [0, 0.1) is 0 Å². The smallest absolute Gasteiger partial charge is 0.338 e. The highest BCUT2D eigenvalue weighted by Gasteiger charge is 2.08. The van der Waals surface area contributed by atoms with Gasteiger partial charge in [-0.05, 0) is 12.1 Å². The third kappa shape index (κ3) is 7.08. The molecule has 5 heteroatoms. The molecule has 1 aromatic carbocycles. The average Bonchev–Trinajstić information content (AvgIpc) is 2.50. The lowest BCUT2D eigenvalue weighted by atomic mass is 10.2. The van der Waals surface area contributed by atoms with Gasteiger partial charge >= 0.3 is 11.9 Å². The van der Waals surface area contributed by atoms with Crippen molar-refractivity contribution in [1.29, 1.82) is 0 Å². The Morgan fingerprint density at radius 3 is 2.43 bits per heavy atom. The Kier molecular flexibility index (Phi) is 7.53. The van der Waals surface area contributed by atoms with Crippen molar-refractivity contribution in [2.24, 2.45) is 0 Å². The maximum absolute atomic E-state index is 11.8. The molecule has 0 saturated heterocycles. The van der Waals surface area contributed by atoms with E-state index in [0.717, 1.165) is 0 Å². The molecule has 0 fully saturated rings. The van der Waals surface area contributed by atoms with Gasteiger partial charge in [-0.15, -0.1) is 0 Å². The molecule has 0 amide bonds. The van der Waals surface area contributed by atoms with Gasteiger partial charge in [-0.2, -0.15) is 0 Å². The van der Waals surface area contributed by atoms with Crippen molar-refractivity contribution in [2.75, 3.05) is 19.8 Å². The van der Waals surface area contributed by atoms with Crippen molar-refractivity contribution in [3.63, 3.8) is 0 Å². The van der Waals surface area contributed by atoms with Gasteiger partial charge in [0.25, 0.3) is 0 Å². The summed E-state index contributed by atoms with van der Waals surface area (Å²) in [6.07, 6.45) is 4.76. The molecule has 0 saturated carbocycles. The van der Waals surface area contributed by atoms with Crippen molar-refractivity contribution >= 4 is 11.9 Å². The summed E-state index contributed by atoms with van der Waals surface area (Å²) in [4.78, 5) is 22.6. The second-order valence-corrected chi connectivity index (χ2v) is 4.16. The van der Waals surface area contributed by atoms with Crippen molar-refractivity contribution in [3.8, 4) is 0 Å². The van der Waals surface area contributed by atoms with Gasteiger partial charge in [0.1, 0.15) is 13.2 Å². The standard InChI is InChI=1S/C16H18O5/c1-13(18)20-11-14(7-5-6-10-17)12-21-16(19)15-8-3-2-4-9-15/h2-9,17H,10-12H2,1H3/b6-5-,14-7+. The Balaban J connectivity index is 2.59. The van der Waals surface area contributed by atoms with Crippen molar-refractivity contribution in [1.82, 2.24) is 0 Å². The fourth-order valence-corrected chi connectivity index (χ4v) is 1.41. The number of esters is 2. The molecule has 0 bridgehead atoms. The molecule has 1 rings (SSSR count). The maximum atomic E-state index is 11.8. The van der Waals surface area contributed by atoms with Crippen LogP contribution in [0.1, 0.15) is 17.3 Å². The molecule has 5 nitrogen and oxygen atoms in total. The lowest BCUT2D eigenvalue weighted by Crippen LogP contribution is -2.12. The minimum absolute atomic E-state index is 0.0107. The first-order valence-electron chi connectivity index (χ1n) is 6.44. The summed E-state index contributed by atoms with van der Waals surface area (Å²) in [5.74, 6) is -0.864. The maximum Gasteiger partial charge on any atom is 0.338 e. The van der Waals surface area contributed by atoms with E-state index in [9.17, 15) is 9.59 Å². The topological polar surface area (TPSA) is 72.8 Å². The first-order valence-corrected chi connectivity index (χ1v) is 6.44. The number of aliphatic hydroxyl groups excluding tert-OH is 1. The summed E-state index contributed by atoms with van der Waals surface area (Å²) in [5, 5.41) is 8.68. The van der Waals surface area contributed by atoms with Crippen LogP contribution in [0.25, 0.3) is 0 Å². The van der Waals surface area contributed by atoms with Gasteiger partial charge in [-0.3, -0.25) is 4.79 Å². The van der Waals surface area contributed by atoms with Crippen LogP contribution < -0.4 is 0 Å². The predicted octanol–water partition coefficient (Wildman–Crippen LogP) is 1.88. The second kappa shape index (κ2) is 9.50. The number of carbonyl (C=O) groups excluding carboxylic acids is 2. The third-order valence-electron chi connectivity index (χ3n) is 2.43. The Labute approximate surface area is 123 Å². The second-order valence-electron chi connectivity index (χ2n) is 4.16. The molecule has 0 aliphatic heterocycles. The van der Waals surface area contributed by atoms with Gasteiger partial charge in [0.05, 0.1) is 12.2 Å². The summed E-state index contributed by atoms with van der Waals surface area (Å²) in [7, 11) is 0. The van der Waals surface area contributed by atoms with E-state index in [2.05, 4.69) is 0 Å². The number of rotatable bonds is 7. The SMILES string of the molecule is CC(=O)OC/C(=C\C=C/CO)COC(=O)c1ccccc1. The molecular weight excluding hydrogens is 272 g/mol. The minimum Gasteiger partial charge on any atom is -0.461 e. The number of benzene rings is 1. The van der Waals surface area contributed by atoms with Crippen molar-refractivity contribution in [3.05, 3.63) is 59.7 Å². The van der Waals surface area contributed by atoms with Crippen LogP contribution in [-0.2, 0) is 14.3 Å². The van der Waals surface area contributed by atoms with E-state index in [-0.39, 0.29) is 19.8 Å². The first kappa shape index (κ1) is 16.7. The fraction of sp³-hybridized carbons (Fsp3) is 0.250. The quantitative estimate of drug-likeness (QED) is 0.613. The molecule has 112 valence electrons. The third-order valence-corrected chi connectivity index (χ3v) is 2.43. The molecule has 0 aromatic heterocycles. The van der Waals surface area contributed by atoms with Crippen molar-refractivity contribution in [2.45, 2.75) is 6.92 Å². The first-order chi connectivity index (χ1) is 10.1. The van der Waals surface area contributed by atoms with Crippen LogP contribution in [0.3, 0.4) is 0 Å². The van der Waals surface area contributed by atoms with Gasteiger partial charge < -0.3 is 14.6 Å². The Hall–Kier alpha value is -2.40. The molecular formula is C16H18O5. The zero-order valence-electron chi connectivity index (χ0n) is 11.8. The number of hydrogen-bond donors (Lipinski definition) is 1. The molecule has 1 aromatic rings. The van der Waals surface area contributed by atoms with E-state index >= 15 is 0 Å². The Morgan fingerprint density at radius 2 is 1.81 bits per heavy atom. The highest BCUT2D eigenvalue weighted by molar-refractivity contribution is 5.89. The summed E-state index contributed by atoms with van der Waals surface area (Å²) >= 11 is 0. The molecule has 0 aliphatic rings. The van der Waals surface area contributed by atoms with Gasteiger partial charge in [0.15, 0.2) is 0 Å². The van der Waals surface area contributed by atoms with Crippen LogP contribution in [-0.4, -0.2) is 36.9 Å². The van der Waals surface area contributed by atoms with E-state index in [4.69, 9.17) is 14.6 Å². The van der Waals surface area contributed by atoms with Crippen LogP contribution in [0.2, 0.25) is 0 Å². The number of ether oxygens (including phenoxy) is 2.